The Morgan fingerprint density at radius 3 is 2.21 bits per heavy atom. The van der Waals surface area contributed by atoms with Crippen molar-refractivity contribution in [1.82, 2.24) is 0 Å². The lowest BCUT2D eigenvalue weighted by atomic mass is 10.1. The number of pyridine rings is 1. The molecule has 3 rings (SSSR count). The summed E-state index contributed by atoms with van der Waals surface area (Å²) in [4.78, 5) is 0. The van der Waals surface area contributed by atoms with Crippen LogP contribution in [0.1, 0.15) is 11.1 Å². The van der Waals surface area contributed by atoms with E-state index in [0.717, 1.165) is 18.0 Å². The fraction of sp³-hybridized carbons (Fsp3) is 0.190. The molecular formula is C21H22NO2+. The van der Waals surface area contributed by atoms with E-state index >= 15 is 0 Å². The summed E-state index contributed by atoms with van der Waals surface area (Å²) in [5.74, 6) is 1.53. The Bertz CT molecular complexity index is 828. The van der Waals surface area contributed by atoms with Crippen molar-refractivity contribution in [3.63, 3.8) is 0 Å². The van der Waals surface area contributed by atoms with Gasteiger partial charge in [0, 0.05) is 17.2 Å². The molecule has 0 unspecified atom stereocenters. The minimum absolute atomic E-state index is 0.762. The van der Waals surface area contributed by atoms with E-state index in [1.807, 2.05) is 12.1 Å². The van der Waals surface area contributed by atoms with Crippen LogP contribution in [0.4, 0.5) is 0 Å². The SMILES string of the molecule is COc1cc(C)c(C[n+]2cccc(-c3ccccc3)c2)cc1OC. The van der Waals surface area contributed by atoms with Crippen molar-refractivity contribution in [1.29, 1.82) is 0 Å². The van der Waals surface area contributed by atoms with E-state index in [4.69, 9.17) is 9.47 Å². The lowest BCUT2D eigenvalue weighted by Crippen LogP contribution is -2.33. The quantitative estimate of drug-likeness (QED) is 0.663. The smallest absolute Gasteiger partial charge is 0.176 e. The van der Waals surface area contributed by atoms with Crippen molar-refractivity contribution in [3.8, 4) is 22.6 Å². The molecule has 2 aromatic carbocycles. The van der Waals surface area contributed by atoms with Gasteiger partial charge in [-0.25, -0.2) is 4.57 Å². The lowest BCUT2D eigenvalue weighted by Gasteiger charge is -2.11. The summed E-state index contributed by atoms with van der Waals surface area (Å²) >= 11 is 0. The van der Waals surface area contributed by atoms with Gasteiger partial charge < -0.3 is 9.47 Å². The molecule has 0 aliphatic rings. The van der Waals surface area contributed by atoms with Gasteiger partial charge in [0.25, 0.3) is 0 Å². The van der Waals surface area contributed by atoms with Crippen LogP contribution >= 0.6 is 0 Å². The molecule has 0 N–H and O–H groups in total. The standard InChI is InChI=1S/C21H22NO2/c1-16-12-20(23-2)21(24-3)13-19(16)15-22-11-7-10-18(14-22)17-8-5-4-6-9-17/h4-14H,15H2,1-3H3/q+1. The van der Waals surface area contributed by atoms with E-state index in [2.05, 4.69) is 66.3 Å². The van der Waals surface area contributed by atoms with Gasteiger partial charge in [-0.2, -0.15) is 0 Å². The molecule has 0 spiro atoms. The molecule has 122 valence electrons. The number of methoxy groups -OCH3 is 2. The van der Waals surface area contributed by atoms with Crippen molar-refractivity contribution < 1.29 is 14.0 Å². The van der Waals surface area contributed by atoms with Crippen LogP contribution in [0.5, 0.6) is 11.5 Å². The van der Waals surface area contributed by atoms with E-state index in [1.54, 1.807) is 14.2 Å². The molecule has 0 bridgehead atoms. The van der Waals surface area contributed by atoms with E-state index in [9.17, 15) is 0 Å². The van der Waals surface area contributed by atoms with E-state index < -0.39 is 0 Å². The maximum absolute atomic E-state index is 5.43. The zero-order valence-corrected chi connectivity index (χ0v) is 14.3. The molecule has 0 saturated heterocycles. The van der Waals surface area contributed by atoms with Crippen LogP contribution in [-0.2, 0) is 6.54 Å². The molecule has 0 amide bonds. The summed E-state index contributed by atoms with van der Waals surface area (Å²) in [7, 11) is 3.33. The van der Waals surface area contributed by atoms with Crippen LogP contribution in [0.25, 0.3) is 11.1 Å². The maximum Gasteiger partial charge on any atom is 0.176 e. The highest BCUT2D eigenvalue weighted by Crippen LogP contribution is 2.30. The van der Waals surface area contributed by atoms with Crippen LogP contribution in [0.2, 0.25) is 0 Å². The number of ether oxygens (including phenoxy) is 2. The number of hydrogen-bond acceptors (Lipinski definition) is 2. The normalized spacial score (nSPS) is 10.5. The molecule has 24 heavy (non-hydrogen) atoms. The molecule has 0 saturated carbocycles. The second-order valence-electron chi connectivity index (χ2n) is 5.76. The van der Waals surface area contributed by atoms with Crippen LogP contribution in [0.3, 0.4) is 0 Å². The Kier molecular flexibility index (Phi) is 4.80. The van der Waals surface area contributed by atoms with E-state index in [-0.39, 0.29) is 0 Å². The molecule has 0 aliphatic carbocycles. The Hall–Kier alpha value is -2.81. The molecule has 3 aromatic rings. The summed E-state index contributed by atoms with van der Waals surface area (Å²) in [5.41, 5.74) is 4.82. The number of nitrogens with zero attached hydrogens (tertiary/aromatic N) is 1. The van der Waals surface area contributed by atoms with E-state index in [1.165, 1.54) is 22.3 Å². The zero-order valence-electron chi connectivity index (χ0n) is 14.3. The van der Waals surface area contributed by atoms with Gasteiger partial charge in [0.05, 0.1) is 14.2 Å². The minimum atomic E-state index is 0.762. The number of hydrogen-bond donors (Lipinski definition) is 0. The van der Waals surface area contributed by atoms with Crippen LogP contribution in [-0.4, -0.2) is 14.2 Å². The summed E-state index contributed by atoms with van der Waals surface area (Å²) in [6.45, 7) is 2.88. The van der Waals surface area contributed by atoms with Gasteiger partial charge in [0.2, 0.25) is 0 Å². The number of aryl methyl sites for hydroxylation is 1. The van der Waals surface area contributed by atoms with Gasteiger partial charge in [-0.3, -0.25) is 0 Å². The first-order valence-electron chi connectivity index (χ1n) is 7.97. The third-order valence-corrected chi connectivity index (χ3v) is 4.16. The van der Waals surface area contributed by atoms with Gasteiger partial charge in [-0.15, -0.1) is 0 Å². The summed E-state index contributed by atoms with van der Waals surface area (Å²) in [5, 5.41) is 0. The first-order chi connectivity index (χ1) is 11.7. The Morgan fingerprint density at radius 1 is 0.833 bits per heavy atom. The minimum Gasteiger partial charge on any atom is -0.493 e. The maximum atomic E-state index is 5.43. The first-order valence-corrected chi connectivity index (χ1v) is 7.97. The van der Waals surface area contributed by atoms with E-state index in [0.29, 0.717) is 0 Å². The fourth-order valence-corrected chi connectivity index (χ4v) is 2.81. The highest BCUT2D eigenvalue weighted by Gasteiger charge is 2.13. The van der Waals surface area contributed by atoms with Crippen LogP contribution in [0, 0.1) is 6.92 Å². The zero-order chi connectivity index (χ0) is 16.9. The second-order valence-corrected chi connectivity index (χ2v) is 5.76. The number of aromatic nitrogens is 1. The highest BCUT2D eigenvalue weighted by molar-refractivity contribution is 5.61. The third-order valence-electron chi connectivity index (χ3n) is 4.16. The monoisotopic (exact) mass is 320 g/mol. The summed E-state index contributed by atoms with van der Waals surface area (Å²) < 4.78 is 13.0. The third kappa shape index (κ3) is 3.40. The van der Waals surface area contributed by atoms with Crippen molar-refractivity contribution in [2.45, 2.75) is 13.5 Å². The van der Waals surface area contributed by atoms with Gasteiger partial charge in [0.15, 0.2) is 30.4 Å². The van der Waals surface area contributed by atoms with Gasteiger partial charge in [0.1, 0.15) is 0 Å². The molecule has 0 aliphatic heterocycles. The molecule has 1 heterocycles. The number of rotatable bonds is 5. The average molecular weight is 320 g/mol. The molecular weight excluding hydrogens is 298 g/mol. The molecule has 1 aromatic heterocycles. The molecule has 0 atom stereocenters. The average Bonchev–Trinajstić information content (AvgIpc) is 2.64. The molecule has 0 radical (unpaired) electrons. The Morgan fingerprint density at radius 2 is 1.50 bits per heavy atom. The highest BCUT2D eigenvalue weighted by atomic mass is 16.5. The second kappa shape index (κ2) is 7.18. The summed E-state index contributed by atoms with van der Waals surface area (Å²) in [6.07, 6.45) is 4.26. The van der Waals surface area contributed by atoms with Crippen molar-refractivity contribution >= 4 is 0 Å². The molecule has 3 heteroatoms. The predicted octanol–water partition coefficient (Wildman–Crippen LogP) is 4.02. The molecule has 0 fully saturated rings. The molecule has 3 nitrogen and oxygen atoms in total. The van der Waals surface area contributed by atoms with Crippen molar-refractivity contribution in [3.05, 3.63) is 78.1 Å². The topological polar surface area (TPSA) is 22.3 Å². The largest absolute Gasteiger partial charge is 0.493 e. The Labute approximate surface area is 143 Å². The lowest BCUT2D eigenvalue weighted by molar-refractivity contribution is -0.687. The Balaban J connectivity index is 1.92. The number of benzene rings is 2. The first kappa shape index (κ1) is 16.1. The fourth-order valence-electron chi connectivity index (χ4n) is 2.81. The van der Waals surface area contributed by atoms with Crippen LogP contribution < -0.4 is 14.0 Å². The van der Waals surface area contributed by atoms with Crippen LogP contribution in [0.15, 0.2) is 67.0 Å². The van der Waals surface area contributed by atoms with Gasteiger partial charge >= 0.3 is 0 Å². The summed E-state index contributed by atoms with van der Waals surface area (Å²) in [6, 6.07) is 18.7. The predicted molar refractivity (Wildman–Crippen MR) is 95.5 cm³/mol. The van der Waals surface area contributed by atoms with Crippen molar-refractivity contribution in [2.75, 3.05) is 14.2 Å². The van der Waals surface area contributed by atoms with Crippen molar-refractivity contribution in [2.24, 2.45) is 0 Å². The van der Waals surface area contributed by atoms with Gasteiger partial charge in [-0.1, -0.05) is 30.3 Å². The van der Waals surface area contributed by atoms with Gasteiger partial charge in [-0.05, 0) is 36.2 Å².